The minimum absolute atomic E-state index is 0.120. The summed E-state index contributed by atoms with van der Waals surface area (Å²) in [6, 6.07) is 30.3. The molecule has 0 N–H and O–H groups in total. The Kier molecular flexibility index (Phi) is 8.36. The lowest BCUT2D eigenvalue weighted by Crippen LogP contribution is -2.50. The SMILES string of the molecule is O=C(c1nnn(-c2ccc(Cl)cc2)c1CSc1ncccn1)N1CCN(C(c2ccccc2)c2ccccc2)CC1. The molecule has 0 unspecified atom stereocenters. The summed E-state index contributed by atoms with van der Waals surface area (Å²) < 4.78 is 1.70. The molecule has 1 fully saturated rings. The normalized spacial score (nSPS) is 14.0. The third-order valence-electron chi connectivity index (χ3n) is 7.11. The molecule has 3 aromatic carbocycles. The predicted octanol–water partition coefficient (Wildman–Crippen LogP) is 5.55. The molecule has 1 saturated heterocycles. The highest BCUT2D eigenvalue weighted by Gasteiger charge is 2.31. The van der Waals surface area contributed by atoms with Crippen molar-refractivity contribution in [1.29, 1.82) is 0 Å². The van der Waals surface area contributed by atoms with Crippen LogP contribution in [0, 0.1) is 0 Å². The Labute approximate surface area is 248 Å². The van der Waals surface area contributed by atoms with Crippen molar-refractivity contribution in [3.8, 4) is 5.69 Å². The van der Waals surface area contributed by atoms with E-state index < -0.39 is 0 Å². The van der Waals surface area contributed by atoms with E-state index in [1.165, 1.54) is 22.9 Å². The first kappa shape index (κ1) is 27.1. The van der Waals surface area contributed by atoms with Gasteiger partial charge in [-0.15, -0.1) is 5.10 Å². The lowest BCUT2D eigenvalue weighted by atomic mass is 9.96. The van der Waals surface area contributed by atoms with E-state index in [1.807, 2.05) is 29.2 Å². The third-order valence-corrected chi connectivity index (χ3v) is 8.25. The number of rotatable bonds is 8. The Hall–Kier alpha value is -4.05. The van der Waals surface area contributed by atoms with Crippen LogP contribution in [0.4, 0.5) is 0 Å². The second-order valence-corrected chi connectivity index (χ2v) is 11.0. The Morgan fingerprint density at radius 3 is 2.02 bits per heavy atom. The zero-order valence-corrected chi connectivity index (χ0v) is 23.8. The van der Waals surface area contributed by atoms with Gasteiger partial charge in [0.15, 0.2) is 10.9 Å². The second-order valence-electron chi connectivity index (χ2n) is 9.65. The number of hydrogen-bond donors (Lipinski definition) is 0. The van der Waals surface area contributed by atoms with Crippen molar-refractivity contribution in [2.24, 2.45) is 0 Å². The summed E-state index contributed by atoms with van der Waals surface area (Å²) in [4.78, 5) is 26.8. The quantitative estimate of drug-likeness (QED) is 0.175. The minimum atomic E-state index is -0.120. The molecule has 2 aromatic heterocycles. The maximum Gasteiger partial charge on any atom is 0.276 e. The summed E-state index contributed by atoms with van der Waals surface area (Å²) in [6.07, 6.45) is 3.40. The number of amides is 1. The molecule has 0 bridgehead atoms. The largest absolute Gasteiger partial charge is 0.335 e. The summed E-state index contributed by atoms with van der Waals surface area (Å²) in [5, 5.41) is 10.00. The highest BCUT2D eigenvalue weighted by atomic mass is 35.5. The van der Waals surface area contributed by atoms with Gasteiger partial charge in [0.2, 0.25) is 0 Å². The number of aromatic nitrogens is 5. The van der Waals surface area contributed by atoms with E-state index in [0.29, 0.717) is 40.4 Å². The number of halogens is 1. The summed E-state index contributed by atoms with van der Waals surface area (Å²) >= 11 is 7.56. The molecule has 8 nitrogen and oxygen atoms in total. The van der Waals surface area contributed by atoms with Gasteiger partial charge in [-0.3, -0.25) is 9.69 Å². The van der Waals surface area contributed by atoms with E-state index in [2.05, 4.69) is 73.7 Å². The first-order valence-electron chi connectivity index (χ1n) is 13.4. The number of nitrogens with zero attached hydrogens (tertiary/aromatic N) is 7. The van der Waals surface area contributed by atoms with Gasteiger partial charge in [-0.25, -0.2) is 14.6 Å². The monoisotopic (exact) mass is 581 g/mol. The van der Waals surface area contributed by atoms with E-state index in [1.54, 1.807) is 35.3 Å². The van der Waals surface area contributed by atoms with Crippen molar-refractivity contribution in [1.82, 2.24) is 34.8 Å². The van der Waals surface area contributed by atoms with E-state index in [-0.39, 0.29) is 11.9 Å². The van der Waals surface area contributed by atoms with E-state index in [9.17, 15) is 4.79 Å². The number of carbonyl (C=O) groups excluding carboxylic acids is 1. The van der Waals surface area contributed by atoms with E-state index in [4.69, 9.17) is 11.6 Å². The molecule has 0 aliphatic carbocycles. The van der Waals surface area contributed by atoms with Crippen molar-refractivity contribution in [2.75, 3.05) is 26.2 Å². The van der Waals surface area contributed by atoms with Gasteiger partial charge in [0.25, 0.3) is 5.91 Å². The molecule has 10 heteroatoms. The second kappa shape index (κ2) is 12.6. The fourth-order valence-corrected chi connectivity index (χ4v) is 6.02. The molecular weight excluding hydrogens is 554 g/mol. The molecule has 1 aliphatic rings. The van der Waals surface area contributed by atoms with Crippen molar-refractivity contribution >= 4 is 29.3 Å². The zero-order valence-electron chi connectivity index (χ0n) is 22.3. The van der Waals surface area contributed by atoms with Crippen LogP contribution in [0.3, 0.4) is 0 Å². The third kappa shape index (κ3) is 6.17. The molecule has 41 heavy (non-hydrogen) atoms. The van der Waals surface area contributed by atoms with Crippen molar-refractivity contribution in [3.05, 3.63) is 131 Å². The van der Waals surface area contributed by atoms with Gasteiger partial charge in [0.05, 0.1) is 17.4 Å². The number of carbonyl (C=O) groups is 1. The van der Waals surface area contributed by atoms with Crippen molar-refractivity contribution in [3.63, 3.8) is 0 Å². The highest BCUT2D eigenvalue weighted by molar-refractivity contribution is 7.98. The van der Waals surface area contributed by atoms with Gasteiger partial charge in [0, 0.05) is 49.3 Å². The lowest BCUT2D eigenvalue weighted by Gasteiger charge is -2.39. The summed E-state index contributed by atoms with van der Waals surface area (Å²) in [5.41, 5.74) is 4.31. The van der Waals surface area contributed by atoms with Crippen LogP contribution in [0.15, 0.2) is 109 Å². The summed E-state index contributed by atoms with van der Waals surface area (Å²) in [7, 11) is 0. The molecule has 1 aliphatic heterocycles. The predicted molar refractivity (Wildman–Crippen MR) is 160 cm³/mol. The fraction of sp³-hybridized carbons (Fsp3) is 0.194. The fourth-order valence-electron chi connectivity index (χ4n) is 5.10. The van der Waals surface area contributed by atoms with Gasteiger partial charge in [-0.2, -0.15) is 0 Å². The highest BCUT2D eigenvalue weighted by Crippen LogP contribution is 2.30. The maximum atomic E-state index is 13.9. The molecular formula is C31H28ClN7OS. The Morgan fingerprint density at radius 2 is 1.41 bits per heavy atom. The average Bonchev–Trinajstić information content (AvgIpc) is 3.46. The number of benzene rings is 3. The molecule has 0 radical (unpaired) electrons. The Morgan fingerprint density at radius 1 is 0.805 bits per heavy atom. The van der Waals surface area contributed by atoms with E-state index >= 15 is 0 Å². The van der Waals surface area contributed by atoms with Crippen LogP contribution in [0.1, 0.15) is 33.4 Å². The molecule has 5 aromatic rings. The lowest BCUT2D eigenvalue weighted by molar-refractivity contribution is 0.0591. The number of hydrogen-bond acceptors (Lipinski definition) is 7. The Balaban J connectivity index is 1.23. The first-order chi connectivity index (χ1) is 20.2. The van der Waals surface area contributed by atoms with Crippen molar-refractivity contribution < 1.29 is 4.79 Å². The molecule has 3 heterocycles. The van der Waals surface area contributed by atoms with Crippen LogP contribution < -0.4 is 0 Å². The van der Waals surface area contributed by atoms with Crippen LogP contribution in [-0.4, -0.2) is 66.8 Å². The minimum Gasteiger partial charge on any atom is -0.335 e. The first-order valence-corrected chi connectivity index (χ1v) is 14.8. The van der Waals surface area contributed by atoms with Crippen LogP contribution in [0.5, 0.6) is 0 Å². The summed E-state index contributed by atoms with van der Waals surface area (Å²) in [5.74, 6) is 0.315. The number of piperazine rings is 1. The molecule has 206 valence electrons. The van der Waals surface area contributed by atoms with Crippen molar-refractivity contribution in [2.45, 2.75) is 17.0 Å². The molecule has 6 rings (SSSR count). The van der Waals surface area contributed by atoms with Gasteiger partial charge >= 0.3 is 0 Å². The van der Waals surface area contributed by atoms with Crippen LogP contribution in [0.2, 0.25) is 5.02 Å². The Bertz CT molecular complexity index is 1540. The van der Waals surface area contributed by atoms with Gasteiger partial charge < -0.3 is 4.90 Å². The van der Waals surface area contributed by atoms with Gasteiger partial charge in [-0.05, 0) is 41.5 Å². The molecule has 1 amide bonds. The van der Waals surface area contributed by atoms with E-state index in [0.717, 1.165) is 18.8 Å². The smallest absolute Gasteiger partial charge is 0.276 e. The van der Waals surface area contributed by atoms with Gasteiger partial charge in [-0.1, -0.05) is 89.2 Å². The van der Waals surface area contributed by atoms with Gasteiger partial charge in [0.1, 0.15) is 0 Å². The standard InChI is InChI=1S/C31H28ClN7OS/c32-25-12-14-26(15-13-25)39-27(22-41-31-33-16-7-17-34-31)28(35-36-39)30(40)38-20-18-37(19-21-38)29(23-8-3-1-4-9-23)24-10-5-2-6-11-24/h1-17,29H,18-22H2. The molecule has 0 saturated carbocycles. The molecule has 0 atom stereocenters. The van der Waals surface area contributed by atoms with Crippen LogP contribution in [0.25, 0.3) is 5.69 Å². The zero-order chi connectivity index (χ0) is 28.0. The summed E-state index contributed by atoms with van der Waals surface area (Å²) in [6.45, 7) is 2.68. The van der Waals surface area contributed by atoms with Crippen LogP contribution in [-0.2, 0) is 5.75 Å². The maximum absolute atomic E-state index is 13.9. The van der Waals surface area contributed by atoms with Crippen LogP contribution >= 0.6 is 23.4 Å². The topological polar surface area (TPSA) is 80.0 Å². The molecule has 0 spiro atoms. The number of thioether (sulfide) groups is 1. The average molecular weight is 582 g/mol.